The number of pyridine rings is 1. The smallest absolute Gasteiger partial charge is 0.164 e. The molecule has 73 heavy (non-hydrogen) atoms. The van der Waals surface area contributed by atoms with E-state index < -0.39 is 5.41 Å². The van der Waals surface area contributed by atoms with Crippen LogP contribution in [0.2, 0.25) is 0 Å². The summed E-state index contributed by atoms with van der Waals surface area (Å²) in [5.74, 6) is 1.82. The molecular formula is C69H46N4. The summed E-state index contributed by atoms with van der Waals surface area (Å²) in [6.45, 7) is 0. The highest BCUT2D eigenvalue weighted by atomic mass is 15.0. The third-order valence-electron chi connectivity index (χ3n) is 14.3. The van der Waals surface area contributed by atoms with E-state index in [4.69, 9.17) is 19.9 Å². The molecule has 0 bridgehead atoms. The van der Waals surface area contributed by atoms with Gasteiger partial charge >= 0.3 is 0 Å². The molecule has 0 radical (unpaired) electrons. The molecule has 0 unspecified atom stereocenters. The average molecular weight is 931 g/mol. The summed E-state index contributed by atoms with van der Waals surface area (Å²) in [6.07, 6.45) is 0. The van der Waals surface area contributed by atoms with Crippen LogP contribution in [0.1, 0.15) is 22.3 Å². The van der Waals surface area contributed by atoms with Crippen LogP contribution in [0.3, 0.4) is 0 Å². The number of nitrogens with zero attached hydrogens (tertiary/aromatic N) is 4. The van der Waals surface area contributed by atoms with Crippen molar-refractivity contribution in [3.63, 3.8) is 0 Å². The number of fused-ring (bicyclic) bond motifs is 3. The summed E-state index contributed by atoms with van der Waals surface area (Å²) < 4.78 is 0. The van der Waals surface area contributed by atoms with E-state index in [0.717, 1.165) is 72.6 Å². The maximum Gasteiger partial charge on any atom is 0.164 e. The molecule has 342 valence electrons. The fraction of sp³-hybridized carbons (Fsp3) is 0.0145. The van der Waals surface area contributed by atoms with Gasteiger partial charge in [0.1, 0.15) is 0 Å². The van der Waals surface area contributed by atoms with Crippen molar-refractivity contribution in [2.24, 2.45) is 0 Å². The molecule has 0 N–H and O–H groups in total. The molecule has 0 saturated heterocycles. The quantitative estimate of drug-likeness (QED) is 0.137. The summed E-state index contributed by atoms with van der Waals surface area (Å²) in [7, 11) is 0. The molecule has 0 fully saturated rings. The molecule has 0 saturated carbocycles. The van der Waals surface area contributed by atoms with Gasteiger partial charge in [-0.2, -0.15) is 0 Å². The lowest BCUT2D eigenvalue weighted by molar-refractivity contribution is 0.768. The Morgan fingerprint density at radius 1 is 0.233 bits per heavy atom. The molecule has 12 aromatic rings. The summed E-state index contributed by atoms with van der Waals surface area (Å²) in [5, 5.41) is 0. The highest BCUT2D eigenvalue weighted by Gasteiger charge is 2.46. The Kier molecular flexibility index (Phi) is 11.1. The fourth-order valence-corrected chi connectivity index (χ4v) is 10.8. The maximum absolute atomic E-state index is 5.39. The highest BCUT2D eigenvalue weighted by Crippen LogP contribution is 2.56. The molecule has 2 aromatic heterocycles. The van der Waals surface area contributed by atoms with Crippen LogP contribution in [0.25, 0.3) is 101 Å². The fourth-order valence-electron chi connectivity index (χ4n) is 10.8. The van der Waals surface area contributed by atoms with Crippen LogP contribution >= 0.6 is 0 Å². The Morgan fingerprint density at radius 2 is 0.630 bits per heavy atom. The minimum atomic E-state index is -0.439. The summed E-state index contributed by atoms with van der Waals surface area (Å²) in [4.78, 5) is 20.8. The predicted molar refractivity (Wildman–Crippen MR) is 298 cm³/mol. The van der Waals surface area contributed by atoms with Crippen molar-refractivity contribution in [2.75, 3.05) is 0 Å². The number of aromatic nitrogens is 4. The lowest BCUT2D eigenvalue weighted by atomic mass is 9.67. The van der Waals surface area contributed by atoms with E-state index in [2.05, 4.69) is 237 Å². The van der Waals surface area contributed by atoms with Crippen molar-refractivity contribution < 1.29 is 0 Å². The van der Waals surface area contributed by atoms with E-state index >= 15 is 0 Å². The SMILES string of the molecule is c1ccc(-c2cc(-c3ccccc3)c(-c3ccc(-c4nc(-c5ccccc5)nc(-c5ccc(-c6ccc7c(c6)-c6ccccc6C7(c6ccccc6)c6ccccc6)cc5)n4)cc3)c(-c3ccccc3)n2)cc1. The third kappa shape index (κ3) is 7.83. The van der Waals surface area contributed by atoms with Crippen molar-refractivity contribution in [1.82, 2.24) is 19.9 Å². The summed E-state index contributed by atoms with van der Waals surface area (Å²) >= 11 is 0. The van der Waals surface area contributed by atoms with Gasteiger partial charge in [0, 0.05) is 33.4 Å². The molecule has 2 heterocycles. The van der Waals surface area contributed by atoms with Crippen molar-refractivity contribution >= 4 is 0 Å². The number of hydrogen-bond acceptors (Lipinski definition) is 4. The van der Waals surface area contributed by atoms with E-state index in [1.807, 2.05) is 42.5 Å². The van der Waals surface area contributed by atoms with Crippen LogP contribution in [0.5, 0.6) is 0 Å². The molecule has 13 rings (SSSR count). The molecule has 10 aromatic carbocycles. The Labute approximate surface area is 425 Å². The van der Waals surface area contributed by atoms with Crippen LogP contribution in [-0.4, -0.2) is 19.9 Å². The monoisotopic (exact) mass is 930 g/mol. The first-order valence-electron chi connectivity index (χ1n) is 24.8. The standard InChI is InChI=1S/C69H46N4/c1-7-21-48(22-8-1)59-46-63(49-23-9-2-10-24-49)70-65(51-25-11-3-12-26-51)64(59)50-37-41-54(42-38-50)68-72-66(52-27-13-4-14-28-52)71-67(73-68)53-39-35-47(36-40-53)55-43-44-62-60(45-55)58-33-19-20-34-61(58)69(62,56-29-15-5-16-30-56)57-31-17-6-18-32-57/h1-46H. The van der Waals surface area contributed by atoms with Crippen molar-refractivity contribution in [1.29, 1.82) is 0 Å². The Morgan fingerprint density at radius 3 is 1.18 bits per heavy atom. The largest absolute Gasteiger partial charge is 0.247 e. The second-order valence-electron chi connectivity index (χ2n) is 18.5. The average Bonchev–Trinajstić information content (AvgIpc) is 3.78. The van der Waals surface area contributed by atoms with E-state index in [9.17, 15) is 0 Å². The summed E-state index contributed by atoms with van der Waals surface area (Å²) in [5.41, 5.74) is 20.4. The summed E-state index contributed by atoms with van der Waals surface area (Å²) in [6, 6.07) is 98.9. The van der Waals surface area contributed by atoms with Crippen LogP contribution in [-0.2, 0) is 5.41 Å². The van der Waals surface area contributed by atoms with Crippen molar-refractivity contribution in [2.45, 2.75) is 5.41 Å². The predicted octanol–water partition coefficient (Wildman–Crippen LogP) is 17.0. The minimum Gasteiger partial charge on any atom is -0.247 e. The van der Waals surface area contributed by atoms with Gasteiger partial charge in [0.25, 0.3) is 0 Å². The molecule has 0 amide bonds. The highest BCUT2D eigenvalue weighted by molar-refractivity contribution is 5.95. The maximum atomic E-state index is 5.39. The Balaban J connectivity index is 0.889. The second-order valence-corrected chi connectivity index (χ2v) is 18.5. The van der Waals surface area contributed by atoms with Gasteiger partial charge in [-0.1, -0.05) is 267 Å². The zero-order chi connectivity index (χ0) is 48.6. The Hall–Kier alpha value is -9.64. The lowest BCUT2D eigenvalue weighted by Gasteiger charge is -2.33. The van der Waals surface area contributed by atoms with Crippen LogP contribution in [0.15, 0.2) is 279 Å². The number of benzene rings is 10. The van der Waals surface area contributed by atoms with Gasteiger partial charge in [-0.3, -0.25) is 0 Å². The molecule has 4 nitrogen and oxygen atoms in total. The van der Waals surface area contributed by atoms with Gasteiger partial charge in [0.2, 0.25) is 0 Å². The number of hydrogen-bond donors (Lipinski definition) is 0. The zero-order valence-corrected chi connectivity index (χ0v) is 39.8. The molecule has 0 aliphatic heterocycles. The molecule has 4 heteroatoms. The first kappa shape index (κ1) is 43.4. The van der Waals surface area contributed by atoms with Gasteiger partial charge in [0.05, 0.1) is 16.8 Å². The number of rotatable bonds is 10. The molecule has 0 spiro atoms. The van der Waals surface area contributed by atoms with Crippen molar-refractivity contribution in [3.8, 4) is 101 Å². The van der Waals surface area contributed by atoms with Gasteiger partial charge < -0.3 is 0 Å². The van der Waals surface area contributed by atoms with Crippen LogP contribution < -0.4 is 0 Å². The van der Waals surface area contributed by atoms with E-state index in [1.165, 1.54) is 33.4 Å². The van der Waals surface area contributed by atoms with E-state index in [1.54, 1.807) is 0 Å². The van der Waals surface area contributed by atoms with Crippen molar-refractivity contribution in [3.05, 3.63) is 301 Å². The Bertz CT molecular complexity index is 3800. The molecule has 0 atom stereocenters. The van der Waals surface area contributed by atoms with E-state index in [-0.39, 0.29) is 0 Å². The van der Waals surface area contributed by atoms with Gasteiger partial charge in [-0.15, -0.1) is 0 Å². The zero-order valence-electron chi connectivity index (χ0n) is 39.8. The lowest BCUT2D eigenvalue weighted by Crippen LogP contribution is -2.28. The minimum absolute atomic E-state index is 0.439. The first-order valence-corrected chi connectivity index (χ1v) is 24.8. The molecule has 1 aliphatic carbocycles. The topological polar surface area (TPSA) is 51.6 Å². The molecular weight excluding hydrogens is 885 g/mol. The normalized spacial score (nSPS) is 12.2. The second kappa shape index (κ2) is 18.6. The van der Waals surface area contributed by atoms with Crippen LogP contribution in [0.4, 0.5) is 0 Å². The third-order valence-corrected chi connectivity index (χ3v) is 14.3. The first-order chi connectivity index (χ1) is 36.2. The van der Waals surface area contributed by atoms with Gasteiger partial charge in [-0.05, 0) is 73.3 Å². The van der Waals surface area contributed by atoms with E-state index in [0.29, 0.717) is 17.5 Å². The molecule has 1 aliphatic rings. The van der Waals surface area contributed by atoms with Crippen LogP contribution in [0, 0.1) is 0 Å². The van der Waals surface area contributed by atoms with Gasteiger partial charge in [0.15, 0.2) is 17.5 Å². The van der Waals surface area contributed by atoms with Gasteiger partial charge in [-0.25, -0.2) is 19.9 Å².